The molecule has 35 heavy (non-hydrogen) atoms. The predicted molar refractivity (Wildman–Crippen MR) is 124 cm³/mol. The van der Waals surface area contributed by atoms with Crippen LogP contribution in [-0.4, -0.2) is 57.2 Å². The predicted octanol–water partition coefficient (Wildman–Crippen LogP) is 0.0258. The molecule has 186 valence electrons. The van der Waals surface area contributed by atoms with Gasteiger partial charge in [-0.05, 0) is 42.3 Å². The van der Waals surface area contributed by atoms with Crippen LogP contribution in [0.5, 0.6) is 0 Å². The van der Waals surface area contributed by atoms with Crippen LogP contribution in [0.4, 0.5) is 0 Å². The highest BCUT2D eigenvalue weighted by Crippen LogP contribution is 2.31. The Kier molecular flexibility index (Phi) is 7.63. The second-order valence-electron chi connectivity index (χ2n) is 8.29. The van der Waals surface area contributed by atoms with E-state index in [1.165, 1.54) is 11.3 Å². The van der Waals surface area contributed by atoms with Crippen LogP contribution in [0.25, 0.3) is 21.5 Å². The number of aliphatic hydroxyl groups excluding tert-OH is 1. The van der Waals surface area contributed by atoms with Crippen LogP contribution < -0.4 is 22.3 Å². The third kappa shape index (κ3) is 5.14. The molecule has 2 aromatic heterocycles. The van der Waals surface area contributed by atoms with Crippen LogP contribution in [-0.2, 0) is 16.0 Å². The van der Waals surface area contributed by atoms with E-state index in [1.807, 2.05) is 12.1 Å². The number of nitrogens with two attached hydrogens (primary N) is 1. The molecule has 2 aliphatic heterocycles. The summed E-state index contributed by atoms with van der Waals surface area (Å²) in [7, 11) is 0. The molecule has 2 aliphatic rings. The van der Waals surface area contributed by atoms with E-state index in [9.17, 15) is 25.1 Å². The first-order valence-corrected chi connectivity index (χ1v) is 11.6. The maximum Gasteiger partial charge on any atom is 0.424 e. The molecular weight excluding hydrogens is 478 g/mol. The SMILES string of the molecule is N#CC(Cc1ccc(-c2ccc3oc(=O)n(C(O)O)c3c2)s1)NC(=O)[C@@H]1C[C@@H]2COC[C@@H]2N1.NO. The van der Waals surface area contributed by atoms with Gasteiger partial charge in [0.25, 0.3) is 0 Å². The van der Waals surface area contributed by atoms with Crippen LogP contribution in [0, 0.1) is 17.2 Å². The van der Waals surface area contributed by atoms with Crippen molar-refractivity contribution in [3.8, 4) is 16.5 Å². The summed E-state index contributed by atoms with van der Waals surface area (Å²) in [4.78, 5) is 26.2. The number of nitriles is 1. The number of ether oxygens (including phenoxy) is 1. The van der Waals surface area contributed by atoms with Crippen molar-refractivity contribution in [3.63, 3.8) is 0 Å². The van der Waals surface area contributed by atoms with Gasteiger partial charge in [0.2, 0.25) is 12.3 Å². The lowest BCUT2D eigenvalue weighted by Crippen LogP contribution is -2.47. The first kappa shape index (κ1) is 25.0. The summed E-state index contributed by atoms with van der Waals surface area (Å²) in [6, 6.07) is 10.2. The molecule has 5 rings (SSSR count). The number of benzene rings is 1. The molecule has 1 aromatic carbocycles. The highest BCUT2D eigenvalue weighted by molar-refractivity contribution is 7.15. The van der Waals surface area contributed by atoms with Crippen LogP contribution >= 0.6 is 11.3 Å². The Hall–Kier alpha value is -3.09. The average molecular weight is 504 g/mol. The Morgan fingerprint density at radius 3 is 2.83 bits per heavy atom. The Balaban J connectivity index is 0.00000141. The van der Waals surface area contributed by atoms with Crippen molar-refractivity contribution in [1.29, 1.82) is 5.26 Å². The third-order valence-electron chi connectivity index (χ3n) is 6.14. The molecule has 3 aromatic rings. The molecular formula is C22H25N5O7S. The van der Waals surface area contributed by atoms with Crippen molar-refractivity contribution in [2.75, 3.05) is 13.2 Å². The summed E-state index contributed by atoms with van der Waals surface area (Å²) in [5.74, 6) is 2.82. The number of amides is 1. The monoisotopic (exact) mass is 503 g/mol. The molecule has 0 spiro atoms. The summed E-state index contributed by atoms with van der Waals surface area (Å²) in [5, 5.41) is 41.1. The molecule has 0 bridgehead atoms. The minimum atomic E-state index is -2.01. The number of rotatable bonds is 6. The number of carbonyl (C=O) groups excluding carboxylic acids is 1. The lowest BCUT2D eigenvalue weighted by atomic mass is 10.0. The number of aliphatic hydroxyl groups is 2. The van der Waals surface area contributed by atoms with Gasteiger partial charge in [-0.2, -0.15) is 5.26 Å². The lowest BCUT2D eigenvalue weighted by Gasteiger charge is -2.16. The van der Waals surface area contributed by atoms with E-state index in [-0.39, 0.29) is 29.1 Å². The van der Waals surface area contributed by atoms with Gasteiger partial charge in [-0.1, -0.05) is 0 Å². The second kappa shape index (κ2) is 10.7. The van der Waals surface area contributed by atoms with Gasteiger partial charge in [-0.15, -0.1) is 11.3 Å². The molecule has 4 atom stereocenters. The number of hydrogen-bond acceptors (Lipinski definition) is 11. The zero-order valence-electron chi connectivity index (χ0n) is 18.5. The summed E-state index contributed by atoms with van der Waals surface area (Å²) < 4.78 is 11.2. The minimum Gasteiger partial charge on any atom is -0.408 e. The number of aromatic nitrogens is 1. The molecule has 1 unspecified atom stereocenters. The summed E-state index contributed by atoms with van der Waals surface area (Å²) >= 11 is 1.45. The Morgan fingerprint density at radius 2 is 2.11 bits per heavy atom. The third-order valence-corrected chi connectivity index (χ3v) is 7.29. The van der Waals surface area contributed by atoms with Crippen LogP contribution in [0.1, 0.15) is 17.7 Å². The maximum absolute atomic E-state index is 12.6. The van der Waals surface area contributed by atoms with Crippen molar-refractivity contribution in [3.05, 3.63) is 45.8 Å². The van der Waals surface area contributed by atoms with Crippen LogP contribution in [0.2, 0.25) is 0 Å². The number of fused-ring (bicyclic) bond motifs is 2. The largest absolute Gasteiger partial charge is 0.424 e. The smallest absolute Gasteiger partial charge is 0.408 e. The van der Waals surface area contributed by atoms with E-state index >= 15 is 0 Å². The Morgan fingerprint density at radius 1 is 1.31 bits per heavy atom. The highest BCUT2D eigenvalue weighted by atomic mass is 32.1. The van der Waals surface area contributed by atoms with E-state index in [4.69, 9.17) is 14.4 Å². The molecule has 1 amide bonds. The number of oxazole rings is 1. The molecule has 2 saturated heterocycles. The highest BCUT2D eigenvalue weighted by Gasteiger charge is 2.41. The normalized spacial score (nSPS) is 21.9. The molecule has 0 saturated carbocycles. The minimum absolute atomic E-state index is 0.168. The van der Waals surface area contributed by atoms with Crippen LogP contribution in [0.3, 0.4) is 0 Å². The Bertz CT molecular complexity index is 1280. The fraction of sp³-hybridized carbons (Fsp3) is 0.409. The van der Waals surface area contributed by atoms with E-state index in [0.717, 1.165) is 19.9 Å². The van der Waals surface area contributed by atoms with Gasteiger partial charge in [0, 0.05) is 28.1 Å². The topological polar surface area (TPSA) is 196 Å². The van der Waals surface area contributed by atoms with Gasteiger partial charge in [-0.3, -0.25) is 4.79 Å². The molecule has 12 nitrogen and oxygen atoms in total. The van der Waals surface area contributed by atoms with E-state index in [2.05, 4.69) is 22.6 Å². The van der Waals surface area contributed by atoms with Gasteiger partial charge in [0.15, 0.2) is 5.58 Å². The maximum atomic E-state index is 12.6. The number of nitrogens with one attached hydrogen (secondary N) is 2. The number of thiophene rings is 1. The lowest BCUT2D eigenvalue weighted by molar-refractivity contribution is -0.123. The van der Waals surface area contributed by atoms with Crippen molar-refractivity contribution in [2.45, 2.75) is 37.4 Å². The number of carbonyl (C=O) groups is 1. The molecule has 13 heteroatoms. The van der Waals surface area contributed by atoms with Gasteiger partial charge < -0.3 is 35.2 Å². The molecule has 7 N–H and O–H groups in total. The number of hydrogen-bond donors (Lipinski definition) is 6. The van der Waals surface area contributed by atoms with E-state index < -0.39 is 18.2 Å². The average Bonchev–Trinajstić information content (AvgIpc) is 3.61. The van der Waals surface area contributed by atoms with Crippen molar-refractivity contribution in [1.82, 2.24) is 15.2 Å². The van der Waals surface area contributed by atoms with Gasteiger partial charge in [-0.25, -0.2) is 15.3 Å². The molecule has 0 radical (unpaired) electrons. The van der Waals surface area contributed by atoms with Crippen molar-refractivity contribution in [2.24, 2.45) is 11.8 Å². The quantitative estimate of drug-likeness (QED) is 0.197. The zero-order valence-corrected chi connectivity index (χ0v) is 19.3. The summed E-state index contributed by atoms with van der Waals surface area (Å²) in [6.45, 7) is 1.28. The van der Waals surface area contributed by atoms with E-state index in [1.54, 1.807) is 18.2 Å². The summed E-state index contributed by atoms with van der Waals surface area (Å²) in [6.07, 6.45) is -0.930. The zero-order chi connectivity index (χ0) is 25.1. The first-order valence-electron chi connectivity index (χ1n) is 10.8. The Labute approximate surface area is 203 Å². The molecule has 2 fully saturated rings. The molecule has 4 heterocycles. The van der Waals surface area contributed by atoms with Gasteiger partial charge in [0.1, 0.15) is 6.04 Å². The van der Waals surface area contributed by atoms with Crippen molar-refractivity contribution < 1.29 is 29.4 Å². The van der Waals surface area contributed by atoms with Gasteiger partial charge in [0.05, 0.1) is 30.8 Å². The van der Waals surface area contributed by atoms with Gasteiger partial charge >= 0.3 is 5.76 Å². The number of nitrogens with zero attached hydrogens (tertiary/aromatic N) is 2. The fourth-order valence-corrected chi connectivity index (χ4v) is 5.53. The first-order chi connectivity index (χ1) is 16.9. The van der Waals surface area contributed by atoms with E-state index in [0.29, 0.717) is 32.0 Å². The fourth-order valence-electron chi connectivity index (χ4n) is 4.48. The van der Waals surface area contributed by atoms with Crippen molar-refractivity contribution >= 4 is 28.3 Å². The molecule has 0 aliphatic carbocycles. The van der Waals surface area contributed by atoms with Crippen LogP contribution in [0.15, 0.2) is 39.5 Å². The second-order valence-corrected chi connectivity index (χ2v) is 9.45. The summed E-state index contributed by atoms with van der Waals surface area (Å²) in [5.41, 5.74) is 1.27. The standard InChI is InChI=1S/C22H22N4O6S.H3NO/c23-8-13(24-20(27)15-5-12-9-31-10-16(12)25-15)7-14-2-4-19(33-14)11-1-3-18-17(6-11)26(21(28)29)22(30)32-18;1-2/h1-4,6,12-13,15-16,21,25,28-29H,5,7,9-10H2,(H,24,27);2H,1H2/t12-,13?,15+,16+;/m1./s1.